The Kier molecular flexibility index (Phi) is 7.97. The molecule has 2 rings (SSSR count). The number of anilines is 1. The van der Waals surface area contributed by atoms with Crippen molar-refractivity contribution in [2.45, 2.75) is 46.3 Å². The fraction of sp³-hybridized carbons (Fsp3) is 0.318. The Hall–Kier alpha value is -2.45. The van der Waals surface area contributed by atoms with E-state index in [-0.39, 0.29) is 22.7 Å². The molecule has 3 N–H and O–H groups in total. The molecule has 0 saturated heterocycles. The summed E-state index contributed by atoms with van der Waals surface area (Å²) in [7, 11) is 0. The van der Waals surface area contributed by atoms with Crippen molar-refractivity contribution in [1.29, 1.82) is 0 Å². The summed E-state index contributed by atoms with van der Waals surface area (Å²) < 4.78 is 6.46. The second-order valence-corrected chi connectivity index (χ2v) is 9.32. The van der Waals surface area contributed by atoms with Crippen LogP contribution in [-0.2, 0) is 0 Å². The lowest BCUT2D eigenvalue weighted by Crippen LogP contribution is -2.40. The average Bonchev–Trinajstić information content (AvgIpc) is 2.61. The van der Waals surface area contributed by atoms with Crippen LogP contribution >= 0.6 is 28.1 Å². The van der Waals surface area contributed by atoms with Gasteiger partial charge < -0.3 is 15.4 Å². The molecule has 0 spiro atoms. The first-order chi connectivity index (χ1) is 13.9. The monoisotopic (exact) mass is 491 g/mol. The molecule has 2 amide bonds. The number of thiocarbonyl (C=S) groups is 1. The predicted octanol–water partition coefficient (Wildman–Crippen LogP) is 4.89. The highest BCUT2D eigenvalue weighted by molar-refractivity contribution is 9.10. The molecule has 6 nitrogen and oxygen atoms in total. The van der Waals surface area contributed by atoms with Crippen LogP contribution in [0.4, 0.5) is 5.69 Å². The van der Waals surface area contributed by atoms with Gasteiger partial charge in [-0.15, -0.1) is 0 Å². The average molecular weight is 492 g/mol. The SMILES string of the molecule is CC(C)Oc1ccc(Br)cc1C(=O)NC(=S)Nc1cccc(C(=O)NC(C)(C)C)c1. The van der Waals surface area contributed by atoms with Crippen molar-refractivity contribution in [3.63, 3.8) is 0 Å². The van der Waals surface area contributed by atoms with Gasteiger partial charge in [0.1, 0.15) is 5.75 Å². The molecular formula is C22H26BrN3O3S. The topological polar surface area (TPSA) is 79.5 Å². The molecule has 0 aromatic heterocycles. The molecule has 0 bridgehead atoms. The van der Waals surface area contributed by atoms with Crippen molar-refractivity contribution < 1.29 is 14.3 Å². The highest BCUT2D eigenvalue weighted by Gasteiger charge is 2.17. The van der Waals surface area contributed by atoms with Crippen LogP contribution in [0.15, 0.2) is 46.9 Å². The van der Waals surface area contributed by atoms with E-state index in [1.54, 1.807) is 42.5 Å². The Labute approximate surface area is 190 Å². The summed E-state index contributed by atoms with van der Waals surface area (Å²) in [5, 5.41) is 8.62. The van der Waals surface area contributed by atoms with Crippen LogP contribution in [0.25, 0.3) is 0 Å². The number of ether oxygens (including phenoxy) is 1. The zero-order chi connectivity index (χ0) is 22.5. The third kappa shape index (κ3) is 7.42. The fourth-order valence-electron chi connectivity index (χ4n) is 2.52. The maximum atomic E-state index is 12.7. The van der Waals surface area contributed by atoms with Crippen LogP contribution in [0.2, 0.25) is 0 Å². The van der Waals surface area contributed by atoms with E-state index in [1.807, 2.05) is 34.6 Å². The van der Waals surface area contributed by atoms with E-state index in [4.69, 9.17) is 17.0 Å². The predicted molar refractivity (Wildman–Crippen MR) is 127 cm³/mol. The number of carbonyl (C=O) groups excluding carboxylic acids is 2. The molecule has 0 unspecified atom stereocenters. The lowest BCUT2D eigenvalue weighted by molar-refractivity contribution is 0.0918. The number of nitrogens with one attached hydrogen (secondary N) is 3. The Morgan fingerprint density at radius 2 is 1.77 bits per heavy atom. The summed E-state index contributed by atoms with van der Waals surface area (Å²) in [5.41, 5.74) is 1.10. The van der Waals surface area contributed by atoms with E-state index in [0.717, 1.165) is 4.47 Å². The van der Waals surface area contributed by atoms with E-state index >= 15 is 0 Å². The largest absolute Gasteiger partial charge is 0.490 e. The van der Waals surface area contributed by atoms with Crippen LogP contribution < -0.4 is 20.7 Å². The van der Waals surface area contributed by atoms with Crippen molar-refractivity contribution in [3.8, 4) is 5.75 Å². The maximum absolute atomic E-state index is 12.7. The summed E-state index contributed by atoms with van der Waals surface area (Å²) in [6, 6.07) is 12.1. The van der Waals surface area contributed by atoms with Crippen LogP contribution in [0.1, 0.15) is 55.3 Å². The van der Waals surface area contributed by atoms with Gasteiger partial charge in [-0.3, -0.25) is 14.9 Å². The number of hydrogen-bond acceptors (Lipinski definition) is 4. The summed E-state index contributed by atoms with van der Waals surface area (Å²) in [5.74, 6) is -0.119. The van der Waals surface area contributed by atoms with Gasteiger partial charge in [0, 0.05) is 21.3 Å². The van der Waals surface area contributed by atoms with Crippen molar-refractivity contribution in [2.24, 2.45) is 0 Å². The Balaban J connectivity index is 2.10. The summed E-state index contributed by atoms with van der Waals surface area (Å²) in [6.07, 6.45) is -0.0789. The Morgan fingerprint density at radius 1 is 1.07 bits per heavy atom. The quantitative estimate of drug-likeness (QED) is 0.518. The first-order valence-electron chi connectivity index (χ1n) is 9.46. The minimum absolute atomic E-state index is 0.0789. The number of rotatable bonds is 5. The van der Waals surface area contributed by atoms with Crippen molar-refractivity contribution >= 4 is 50.8 Å². The molecule has 0 aliphatic rings. The van der Waals surface area contributed by atoms with Crippen molar-refractivity contribution in [2.75, 3.05) is 5.32 Å². The maximum Gasteiger partial charge on any atom is 0.261 e. The Morgan fingerprint density at radius 3 is 2.40 bits per heavy atom. The van der Waals surface area contributed by atoms with Gasteiger partial charge in [-0.05, 0) is 83.2 Å². The molecule has 0 heterocycles. The molecule has 0 atom stereocenters. The third-order valence-electron chi connectivity index (χ3n) is 3.65. The van der Waals surface area contributed by atoms with Crippen LogP contribution in [0, 0.1) is 0 Å². The number of amides is 2. The zero-order valence-electron chi connectivity index (χ0n) is 17.6. The van der Waals surface area contributed by atoms with Crippen LogP contribution in [-0.4, -0.2) is 28.6 Å². The van der Waals surface area contributed by atoms with Gasteiger partial charge in [0.15, 0.2) is 5.11 Å². The normalized spacial score (nSPS) is 11.0. The molecule has 2 aromatic rings. The van der Waals surface area contributed by atoms with Gasteiger partial charge in [-0.2, -0.15) is 0 Å². The smallest absolute Gasteiger partial charge is 0.261 e. The first-order valence-corrected chi connectivity index (χ1v) is 10.7. The Bertz CT molecular complexity index is 955. The molecule has 2 aromatic carbocycles. The summed E-state index contributed by atoms with van der Waals surface area (Å²) >= 11 is 8.65. The van der Waals surface area contributed by atoms with E-state index in [9.17, 15) is 9.59 Å². The summed E-state index contributed by atoms with van der Waals surface area (Å²) in [4.78, 5) is 25.1. The lowest BCUT2D eigenvalue weighted by Gasteiger charge is -2.20. The fourth-order valence-corrected chi connectivity index (χ4v) is 3.09. The van der Waals surface area contributed by atoms with Crippen molar-refractivity contribution in [3.05, 3.63) is 58.1 Å². The molecule has 160 valence electrons. The van der Waals surface area contributed by atoms with Gasteiger partial charge >= 0.3 is 0 Å². The van der Waals surface area contributed by atoms with E-state index < -0.39 is 5.91 Å². The summed E-state index contributed by atoms with van der Waals surface area (Å²) in [6.45, 7) is 9.52. The number of benzene rings is 2. The van der Waals surface area contributed by atoms with Crippen LogP contribution in [0.5, 0.6) is 5.75 Å². The highest BCUT2D eigenvalue weighted by Crippen LogP contribution is 2.24. The minimum atomic E-state index is -0.397. The lowest BCUT2D eigenvalue weighted by atomic mass is 10.1. The van der Waals surface area contributed by atoms with E-state index in [2.05, 4.69) is 31.9 Å². The van der Waals surface area contributed by atoms with Crippen LogP contribution in [0.3, 0.4) is 0 Å². The number of hydrogen-bond donors (Lipinski definition) is 3. The molecule has 0 fully saturated rings. The molecule has 30 heavy (non-hydrogen) atoms. The second kappa shape index (κ2) is 10.0. The molecular weight excluding hydrogens is 466 g/mol. The van der Waals surface area contributed by atoms with E-state index in [0.29, 0.717) is 22.6 Å². The van der Waals surface area contributed by atoms with Gasteiger partial charge in [-0.1, -0.05) is 22.0 Å². The highest BCUT2D eigenvalue weighted by atomic mass is 79.9. The van der Waals surface area contributed by atoms with Gasteiger partial charge in [-0.25, -0.2) is 0 Å². The third-order valence-corrected chi connectivity index (χ3v) is 4.34. The number of halogens is 1. The minimum Gasteiger partial charge on any atom is -0.490 e. The molecule has 0 aliphatic heterocycles. The zero-order valence-corrected chi connectivity index (χ0v) is 20.0. The first kappa shape index (κ1) is 23.8. The van der Waals surface area contributed by atoms with Crippen molar-refractivity contribution in [1.82, 2.24) is 10.6 Å². The van der Waals surface area contributed by atoms with Gasteiger partial charge in [0.25, 0.3) is 11.8 Å². The molecule has 0 radical (unpaired) electrons. The molecule has 0 saturated carbocycles. The second-order valence-electron chi connectivity index (χ2n) is 8.00. The number of carbonyl (C=O) groups is 2. The van der Waals surface area contributed by atoms with E-state index in [1.165, 1.54) is 0 Å². The van der Waals surface area contributed by atoms with Gasteiger partial charge in [0.05, 0.1) is 11.7 Å². The van der Waals surface area contributed by atoms with Gasteiger partial charge in [0.2, 0.25) is 0 Å². The molecule has 8 heteroatoms. The molecule has 0 aliphatic carbocycles. The standard InChI is InChI=1S/C22H26BrN3O3S/c1-13(2)29-18-10-9-15(23)12-17(18)20(28)25-21(30)24-16-8-6-7-14(11-16)19(27)26-22(3,4)5/h6-13H,1-5H3,(H,26,27)(H2,24,25,28,30).